The van der Waals surface area contributed by atoms with E-state index in [0.717, 1.165) is 30.0 Å². The molecule has 0 N–H and O–H groups in total. The molecule has 6 rings (SSSR count). The summed E-state index contributed by atoms with van der Waals surface area (Å²) in [5.74, 6) is 2.29. The molecule has 3 heterocycles. The lowest BCUT2D eigenvalue weighted by molar-refractivity contribution is -0.116. The summed E-state index contributed by atoms with van der Waals surface area (Å²) in [7, 11) is 0. The number of benzene rings is 1. The minimum absolute atomic E-state index is 0.260. The number of carbonyl (C=O) groups excluding carboxylic acids is 1. The van der Waals surface area contributed by atoms with Gasteiger partial charge in [0.05, 0.1) is 0 Å². The molecule has 2 aliphatic carbocycles. The minimum Gasteiger partial charge on any atom is -0.344 e. The molecule has 4 bridgehead atoms. The Morgan fingerprint density at radius 3 is 2.27 bits per heavy atom. The molecule has 4 fully saturated rings. The van der Waals surface area contributed by atoms with Gasteiger partial charge in [-0.05, 0) is 75.3 Å². The minimum atomic E-state index is 0.260. The van der Waals surface area contributed by atoms with Crippen molar-refractivity contribution in [2.75, 3.05) is 0 Å². The number of aromatic nitrogens is 1. The van der Waals surface area contributed by atoms with Crippen LogP contribution >= 0.6 is 0 Å². The molecule has 3 nitrogen and oxygen atoms in total. The molecule has 6 atom stereocenters. The van der Waals surface area contributed by atoms with Gasteiger partial charge in [0, 0.05) is 47.7 Å². The molecule has 0 spiro atoms. The van der Waals surface area contributed by atoms with Gasteiger partial charge in [0.1, 0.15) is 5.78 Å². The van der Waals surface area contributed by atoms with Crippen LogP contribution in [0.4, 0.5) is 0 Å². The van der Waals surface area contributed by atoms with Gasteiger partial charge in [-0.3, -0.25) is 9.69 Å². The van der Waals surface area contributed by atoms with Crippen molar-refractivity contribution >= 4 is 16.7 Å². The van der Waals surface area contributed by atoms with Crippen molar-refractivity contribution < 1.29 is 4.79 Å². The van der Waals surface area contributed by atoms with Gasteiger partial charge >= 0.3 is 0 Å². The number of para-hydroxylation sites is 1. The summed E-state index contributed by atoms with van der Waals surface area (Å²) < 4.78 is 2.55. The zero-order valence-corrected chi connectivity index (χ0v) is 18.4. The van der Waals surface area contributed by atoms with Gasteiger partial charge in [-0.2, -0.15) is 0 Å². The third-order valence-corrected chi connectivity index (χ3v) is 8.94. The van der Waals surface area contributed by atoms with Crippen LogP contribution in [-0.4, -0.2) is 33.4 Å². The average Bonchev–Trinajstić information content (AvgIpc) is 3.22. The van der Waals surface area contributed by atoms with Crippen LogP contribution in [0.3, 0.4) is 0 Å². The van der Waals surface area contributed by atoms with Gasteiger partial charge in [0.25, 0.3) is 0 Å². The molecule has 1 aromatic heterocycles. The van der Waals surface area contributed by atoms with Crippen LogP contribution < -0.4 is 0 Å². The van der Waals surface area contributed by atoms with E-state index in [-0.39, 0.29) is 5.78 Å². The highest BCUT2D eigenvalue weighted by Gasteiger charge is 2.46. The van der Waals surface area contributed by atoms with Crippen molar-refractivity contribution in [1.82, 2.24) is 9.47 Å². The largest absolute Gasteiger partial charge is 0.344 e. The molecule has 0 radical (unpaired) electrons. The van der Waals surface area contributed by atoms with Crippen LogP contribution in [0.2, 0.25) is 0 Å². The maximum atomic E-state index is 11.8. The standard InChI is InChI=1S/C27H36N2O/c1-18(30)11-21-17-28(27-8-3-2-7-26(21)27)24-15-22-9-10-23(16-24)29(22)25-13-19-5-4-6-20(12-19)14-25/h2-3,7-8,17,19-20,22-25H,4-6,9-16H2,1H3/t19-,20+,22-,23+,24+,25+. The Balaban J connectivity index is 1.26. The normalized spacial score (nSPS) is 36.3. The molecule has 2 aliphatic heterocycles. The zero-order chi connectivity index (χ0) is 20.2. The fraction of sp³-hybridized carbons (Fsp3) is 0.667. The third-order valence-electron chi connectivity index (χ3n) is 8.94. The monoisotopic (exact) mass is 404 g/mol. The highest BCUT2D eigenvalue weighted by Crippen LogP contribution is 2.48. The number of hydrogen-bond acceptors (Lipinski definition) is 2. The number of fused-ring (bicyclic) bond motifs is 5. The predicted molar refractivity (Wildman–Crippen MR) is 122 cm³/mol. The summed E-state index contributed by atoms with van der Waals surface area (Å²) >= 11 is 0. The van der Waals surface area contributed by atoms with E-state index in [1.54, 1.807) is 6.92 Å². The summed E-state index contributed by atoms with van der Waals surface area (Å²) in [6, 6.07) is 11.7. The van der Waals surface area contributed by atoms with Gasteiger partial charge in [0.15, 0.2) is 0 Å². The van der Waals surface area contributed by atoms with Crippen LogP contribution in [0.25, 0.3) is 10.9 Å². The molecule has 2 aromatic rings. The van der Waals surface area contributed by atoms with E-state index >= 15 is 0 Å². The van der Waals surface area contributed by atoms with E-state index in [2.05, 4.69) is 39.9 Å². The Kier molecular flexibility index (Phi) is 4.78. The second-order valence-corrected chi connectivity index (χ2v) is 10.9. The molecule has 4 aliphatic rings. The summed E-state index contributed by atoms with van der Waals surface area (Å²) in [4.78, 5) is 14.9. The molecule has 1 aromatic carbocycles. The van der Waals surface area contributed by atoms with Crippen molar-refractivity contribution in [2.45, 2.75) is 102 Å². The number of rotatable bonds is 4. The summed E-state index contributed by atoms with van der Waals surface area (Å²) in [6.45, 7) is 1.71. The van der Waals surface area contributed by atoms with Crippen LogP contribution in [-0.2, 0) is 11.2 Å². The fourth-order valence-corrected chi connectivity index (χ4v) is 7.94. The van der Waals surface area contributed by atoms with E-state index in [9.17, 15) is 4.79 Å². The number of carbonyl (C=O) groups is 1. The first-order valence-corrected chi connectivity index (χ1v) is 12.5. The van der Waals surface area contributed by atoms with Crippen molar-refractivity contribution in [1.29, 1.82) is 0 Å². The van der Waals surface area contributed by atoms with Gasteiger partial charge in [-0.1, -0.05) is 37.5 Å². The quantitative estimate of drug-likeness (QED) is 0.633. The van der Waals surface area contributed by atoms with Crippen molar-refractivity contribution in [3.63, 3.8) is 0 Å². The Morgan fingerprint density at radius 2 is 1.57 bits per heavy atom. The highest BCUT2D eigenvalue weighted by atomic mass is 16.1. The van der Waals surface area contributed by atoms with Gasteiger partial charge < -0.3 is 4.57 Å². The Labute approximate surface area is 180 Å². The second-order valence-electron chi connectivity index (χ2n) is 10.9. The molecular formula is C27H36N2O. The van der Waals surface area contributed by atoms with Gasteiger partial charge in [-0.25, -0.2) is 0 Å². The first kappa shape index (κ1) is 19.1. The highest BCUT2D eigenvalue weighted by molar-refractivity contribution is 5.89. The maximum Gasteiger partial charge on any atom is 0.134 e. The van der Waals surface area contributed by atoms with Crippen LogP contribution in [0, 0.1) is 11.8 Å². The average molecular weight is 405 g/mol. The lowest BCUT2D eigenvalue weighted by Gasteiger charge is -2.49. The number of nitrogens with zero attached hydrogens (tertiary/aromatic N) is 2. The topological polar surface area (TPSA) is 25.2 Å². The summed E-state index contributed by atoms with van der Waals surface area (Å²) in [5.41, 5.74) is 2.55. The lowest BCUT2D eigenvalue weighted by atomic mass is 9.69. The molecule has 2 saturated heterocycles. The Morgan fingerprint density at radius 1 is 0.867 bits per heavy atom. The Hall–Kier alpha value is -1.61. The molecule has 0 amide bonds. The SMILES string of the molecule is CC(=O)Cc1cn([C@H]2C[C@H]3CC[C@@H](C2)N3[C@H]2C[C@@H]3CCC[C@@H](C3)C2)c2ccccc12. The smallest absolute Gasteiger partial charge is 0.134 e. The van der Waals surface area contributed by atoms with Crippen molar-refractivity contribution in [2.24, 2.45) is 11.8 Å². The molecule has 0 unspecified atom stereocenters. The number of ketones is 1. The predicted octanol–water partition coefficient (Wildman–Crippen LogP) is 5.91. The van der Waals surface area contributed by atoms with E-state index in [0.29, 0.717) is 12.5 Å². The number of piperidine rings is 1. The number of Topliss-reactive ketones (excluding diaryl/α,β-unsaturated/α-hetero) is 1. The fourth-order valence-electron chi connectivity index (χ4n) is 7.94. The Bertz CT molecular complexity index is 919. The van der Waals surface area contributed by atoms with E-state index in [1.807, 2.05) is 0 Å². The van der Waals surface area contributed by atoms with Crippen molar-refractivity contribution in [3.8, 4) is 0 Å². The zero-order valence-electron chi connectivity index (χ0n) is 18.4. The molecule has 30 heavy (non-hydrogen) atoms. The van der Waals surface area contributed by atoms with Gasteiger partial charge in [0.2, 0.25) is 0 Å². The second kappa shape index (κ2) is 7.51. The van der Waals surface area contributed by atoms with Crippen LogP contribution in [0.15, 0.2) is 30.5 Å². The molecule has 160 valence electrons. The maximum absolute atomic E-state index is 11.8. The lowest BCUT2D eigenvalue weighted by Crippen LogP contribution is -2.52. The third kappa shape index (κ3) is 3.25. The number of hydrogen-bond donors (Lipinski definition) is 0. The molecule has 3 heteroatoms. The van der Waals surface area contributed by atoms with E-state index in [1.165, 1.54) is 80.7 Å². The molecule has 2 saturated carbocycles. The van der Waals surface area contributed by atoms with Crippen LogP contribution in [0.5, 0.6) is 0 Å². The van der Waals surface area contributed by atoms with E-state index < -0.39 is 0 Å². The van der Waals surface area contributed by atoms with Crippen LogP contribution in [0.1, 0.15) is 82.7 Å². The van der Waals surface area contributed by atoms with Gasteiger partial charge in [-0.15, -0.1) is 0 Å². The summed E-state index contributed by atoms with van der Waals surface area (Å²) in [6.07, 6.45) is 17.2. The van der Waals surface area contributed by atoms with E-state index in [4.69, 9.17) is 0 Å². The first-order chi connectivity index (χ1) is 14.7. The van der Waals surface area contributed by atoms with Crippen molar-refractivity contribution in [3.05, 3.63) is 36.0 Å². The summed E-state index contributed by atoms with van der Waals surface area (Å²) in [5, 5.41) is 1.28. The first-order valence-electron chi connectivity index (χ1n) is 12.5. The molecular weight excluding hydrogens is 368 g/mol.